The Bertz CT molecular complexity index is 715. The Morgan fingerprint density at radius 2 is 2.45 bits per heavy atom. The van der Waals surface area contributed by atoms with E-state index in [0.717, 1.165) is 35.1 Å². The summed E-state index contributed by atoms with van der Waals surface area (Å²) in [5, 5.41) is 12.9. The van der Waals surface area contributed by atoms with Crippen molar-refractivity contribution in [3.63, 3.8) is 0 Å². The molecule has 0 bridgehead atoms. The van der Waals surface area contributed by atoms with E-state index in [2.05, 4.69) is 36.1 Å². The first kappa shape index (κ1) is 15.3. The Morgan fingerprint density at radius 1 is 1.68 bits per heavy atom. The van der Waals surface area contributed by atoms with Gasteiger partial charge in [0.1, 0.15) is 11.8 Å². The van der Waals surface area contributed by atoms with E-state index in [1.54, 1.807) is 12.4 Å². The summed E-state index contributed by atoms with van der Waals surface area (Å²) < 4.78 is 0.848. The number of halogens is 1. The molecule has 7 nitrogen and oxygen atoms in total. The maximum Gasteiger partial charge on any atom is 0.252 e. The molecule has 3 rings (SSSR count). The van der Waals surface area contributed by atoms with E-state index in [1.807, 2.05) is 0 Å². The zero-order valence-corrected chi connectivity index (χ0v) is 13.7. The van der Waals surface area contributed by atoms with Crippen molar-refractivity contribution >= 4 is 44.2 Å². The number of aromatic amines is 1. The fraction of sp³-hybridized carbons (Fsp3) is 0.429. The number of fused-ring (bicyclic) bond motifs is 1. The molecule has 3 heterocycles. The number of nitrogens with one attached hydrogen (secondary N) is 2. The van der Waals surface area contributed by atoms with Crippen LogP contribution in [-0.2, 0) is 4.79 Å². The third-order valence-electron chi connectivity index (χ3n) is 3.81. The van der Waals surface area contributed by atoms with Crippen molar-refractivity contribution in [2.24, 2.45) is 5.73 Å². The fourth-order valence-electron chi connectivity index (χ4n) is 2.69. The van der Waals surface area contributed by atoms with Crippen LogP contribution in [0.1, 0.15) is 13.3 Å². The molecule has 1 fully saturated rings. The van der Waals surface area contributed by atoms with Gasteiger partial charge in [0.05, 0.1) is 21.2 Å². The summed E-state index contributed by atoms with van der Waals surface area (Å²) in [5.41, 5.74) is 8.25. The van der Waals surface area contributed by atoms with Gasteiger partial charge in [0, 0.05) is 31.5 Å². The van der Waals surface area contributed by atoms with Gasteiger partial charge in [0.2, 0.25) is 0 Å². The average Bonchev–Trinajstić information content (AvgIpc) is 3.06. The summed E-state index contributed by atoms with van der Waals surface area (Å²) in [5.74, 6) is -0.454. The van der Waals surface area contributed by atoms with E-state index in [0.29, 0.717) is 11.3 Å². The minimum Gasteiger partial charge on any atom is -0.384 e. The number of anilines is 2. The summed E-state index contributed by atoms with van der Waals surface area (Å²) >= 11 is 3.54. The van der Waals surface area contributed by atoms with Gasteiger partial charge in [-0.3, -0.25) is 4.79 Å². The maximum absolute atomic E-state index is 11.8. The van der Waals surface area contributed by atoms with Crippen molar-refractivity contribution in [1.82, 2.24) is 9.97 Å². The first-order chi connectivity index (χ1) is 10.5. The number of nitrogens with zero attached hydrogens (tertiary/aromatic N) is 2. The topological polar surface area (TPSA) is 107 Å². The van der Waals surface area contributed by atoms with Gasteiger partial charge in [-0.1, -0.05) is 0 Å². The summed E-state index contributed by atoms with van der Waals surface area (Å²) in [6.07, 6.45) is 3.27. The molecule has 2 aromatic rings. The summed E-state index contributed by atoms with van der Waals surface area (Å²) in [6.45, 7) is 3.04. The molecule has 0 radical (unpaired) electrons. The number of carbonyl (C=O) groups is 1. The van der Waals surface area contributed by atoms with E-state index in [-0.39, 0.29) is 6.04 Å². The Balaban J connectivity index is 2.07. The van der Waals surface area contributed by atoms with Gasteiger partial charge in [-0.15, -0.1) is 0 Å². The average molecular weight is 368 g/mol. The lowest BCUT2D eigenvalue weighted by molar-refractivity contribution is -0.123. The second-order valence-electron chi connectivity index (χ2n) is 5.54. The van der Waals surface area contributed by atoms with Crippen molar-refractivity contribution in [1.29, 1.82) is 0 Å². The van der Waals surface area contributed by atoms with Crippen LogP contribution in [0.25, 0.3) is 11.0 Å². The van der Waals surface area contributed by atoms with E-state index in [4.69, 9.17) is 5.73 Å². The Morgan fingerprint density at radius 3 is 3.09 bits per heavy atom. The molecular formula is C14H18BrN5O2. The number of aliphatic hydroxyl groups is 1. The highest BCUT2D eigenvalue weighted by Gasteiger charge is 2.25. The van der Waals surface area contributed by atoms with E-state index in [9.17, 15) is 9.90 Å². The van der Waals surface area contributed by atoms with Crippen molar-refractivity contribution in [2.45, 2.75) is 25.5 Å². The van der Waals surface area contributed by atoms with Gasteiger partial charge in [0.25, 0.3) is 5.91 Å². The number of aromatic nitrogens is 2. The van der Waals surface area contributed by atoms with E-state index >= 15 is 0 Å². The molecule has 22 heavy (non-hydrogen) atoms. The summed E-state index contributed by atoms with van der Waals surface area (Å²) in [6, 6.07) is 0.143. The van der Waals surface area contributed by atoms with Gasteiger partial charge in [-0.05, 0) is 29.3 Å². The van der Waals surface area contributed by atoms with Gasteiger partial charge in [-0.25, -0.2) is 4.98 Å². The first-order valence-electron chi connectivity index (χ1n) is 7.12. The van der Waals surface area contributed by atoms with Crippen molar-refractivity contribution < 1.29 is 9.90 Å². The highest BCUT2D eigenvalue weighted by atomic mass is 79.9. The van der Waals surface area contributed by atoms with Crippen molar-refractivity contribution in [3.8, 4) is 0 Å². The SMILES string of the molecule is CC(O)C(=O)Nc1c[nH]c2ncc(Br)c(N3CC[C@@H](N)C3)c12. The molecule has 1 saturated heterocycles. The van der Waals surface area contributed by atoms with E-state index < -0.39 is 12.0 Å². The molecule has 0 saturated carbocycles. The van der Waals surface area contributed by atoms with Crippen LogP contribution in [0.3, 0.4) is 0 Å². The molecule has 0 spiro atoms. The third kappa shape index (κ3) is 2.69. The molecule has 0 aromatic carbocycles. The van der Waals surface area contributed by atoms with E-state index in [1.165, 1.54) is 6.92 Å². The number of hydrogen-bond donors (Lipinski definition) is 4. The van der Waals surface area contributed by atoms with Gasteiger partial charge in [0.15, 0.2) is 0 Å². The lowest BCUT2D eigenvalue weighted by Gasteiger charge is -2.21. The van der Waals surface area contributed by atoms with Gasteiger partial charge in [-0.2, -0.15) is 0 Å². The molecule has 8 heteroatoms. The molecular weight excluding hydrogens is 350 g/mol. The second kappa shape index (κ2) is 5.86. The predicted molar refractivity (Wildman–Crippen MR) is 88.9 cm³/mol. The highest BCUT2D eigenvalue weighted by molar-refractivity contribution is 9.10. The number of hydrogen-bond acceptors (Lipinski definition) is 5. The third-order valence-corrected chi connectivity index (χ3v) is 4.39. The van der Waals surface area contributed by atoms with Crippen LogP contribution in [0.5, 0.6) is 0 Å². The molecule has 1 unspecified atom stereocenters. The van der Waals surface area contributed by atoms with Crippen LogP contribution in [0, 0.1) is 0 Å². The zero-order chi connectivity index (χ0) is 15.9. The number of pyridine rings is 1. The van der Waals surface area contributed by atoms with Crippen LogP contribution >= 0.6 is 15.9 Å². The maximum atomic E-state index is 11.8. The molecule has 0 aliphatic carbocycles. The number of aliphatic hydroxyl groups excluding tert-OH is 1. The quantitative estimate of drug-likeness (QED) is 0.651. The molecule has 1 aliphatic heterocycles. The summed E-state index contributed by atoms with van der Waals surface area (Å²) in [4.78, 5) is 21.3. The normalized spacial score (nSPS) is 19.6. The Kier molecular flexibility index (Phi) is 4.07. The fourth-order valence-corrected chi connectivity index (χ4v) is 3.24. The minimum atomic E-state index is -1.08. The molecule has 2 atom stereocenters. The molecule has 1 aliphatic rings. The van der Waals surface area contributed by atoms with Crippen LogP contribution in [0.2, 0.25) is 0 Å². The second-order valence-corrected chi connectivity index (χ2v) is 6.40. The largest absolute Gasteiger partial charge is 0.384 e. The number of H-pyrrole nitrogens is 1. The highest BCUT2D eigenvalue weighted by Crippen LogP contribution is 2.39. The standard InChI is InChI=1S/C14H18BrN5O2/c1-7(21)14(22)19-10-5-18-13-11(10)12(9(15)4-17-13)20-3-2-8(16)6-20/h4-5,7-8,21H,2-3,6,16H2,1H3,(H,17,18)(H,19,22)/t7?,8-/m1/s1. The number of carbonyl (C=O) groups excluding carboxylic acids is 1. The molecule has 118 valence electrons. The van der Waals surface area contributed by atoms with Gasteiger partial charge < -0.3 is 26.0 Å². The number of rotatable bonds is 3. The van der Waals surface area contributed by atoms with Crippen molar-refractivity contribution in [3.05, 3.63) is 16.9 Å². The molecule has 1 amide bonds. The Hall–Kier alpha value is -1.64. The molecule has 5 N–H and O–H groups in total. The first-order valence-corrected chi connectivity index (χ1v) is 7.91. The lowest BCUT2D eigenvalue weighted by Crippen LogP contribution is -2.27. The van der Waals surface area contributed by atoms with Crippen LogP contribution in [-0.4, -0.2) is 46.2 Å². The molecule has 2 aromatic heterocycles. The number of amides is 1. The van der Waals surface area contributed by atoms with Gasteiger partial charge >= 0.3 is 0 Å². The van der Waals surface area contributed by atoms with Crippen LogP contribution in [0.15, 0.2) is 16.9 Å². The zero-order valence-electron chi connectivity index (χ0n) is 12.1. The minimum absolute atomic E-state index is 0.143. The monoisotopic (exact) mass is 367 g/mol. The predicted octanol–water partition coefficient (Wildman–Crippen LogP) is 1.18. The lowest BCUT2D eigenvalue weighted by atomic mass is 10.2. The number of nitrogens with two attached hydrogens (primary N) is 1. The smallest absolute Gasteiger partial charge is 0.252 e. The Labute approximate surface area is 136 Å². The van der Waals surface area contributed by atoms with Crippen LogP contribution < -0.4 is 16.0 Å². The summed E-state index contributed by atoms with van der Waals surface area (Å²) in [7, 11) is 0. The van der Waals surface area contributed by atoms with Crippen LogP contribution in [0.4, 0.5) is 11.4 Å². The van der Waals surface area contributed by atoms with Crippen molar-refractivity contribution in [2.75, 3.05) is 23.3 Å².